The molecular formula is C9H11ClN2O2S. The van der Waals surface area contributed by atoms with Crippen LogP contribution in [-0.2, 0) is 9.84 Å². The predicted molar refractivity (Wildman–Crippen MR) is 56.5 cm³/mol. The van der Waals surface area contributed by atoms with E-state index in [-0.39, 0.29) is 15.4 Å². The van der Waals surface area contributed by atoms with Crippen molar-refractivity contribution in [1.82, 2.24) is 9.97 Å². The molecule has 82 valence electrons. The van der Waals surface area contributed by atoms with Crippen LogP contribution in [0.15, 0.2) is 17.3 Å². The fraction of sp³-hybridized carbons (Fsp3) is 0.556. The summed E-state index contributed by atoms with van der Waals surface area (Å²) in [6.45, 7) is 0. The van der Waals surface area contributed by atoms with E-state index in [0.29, 0.717) is 0 Å². The van der Waals surface area contributed by atoms with E-state index in [0.717, 1.165) is 25.7 Å². The molecule has 6 heteroatoms. The average molecular weight is 247 g/mol. The van der Waals surface area contributed by atoms with E-state index in [9.17, 15) is 8.42 Å². The van der Waals surface area contributed by atoms with Crippen molar-refractivity contribution in [3.63, 3.8) is 0 Å². The summed E-state index contributed by atoms with van der Waals surface area (Å²) >= 11 is 5.50. The van der Waals surface area contributed by atoms with Gasteiger partial charge in [0.05, 0.1) is 17.6 Å². The van der Waals surface area contributed by atoms with E-state index >= 15 is 0 Å². The van der Waals surface area contributed by atoms with E-state index < -0.39 is 9.84 Å². The smallest absolute Gasteiger partial charge is 0.222 e. The first-order chi connectivity index (χ1) is 7.10. The molecule has 0 spiro atoms. The van der Waals surface area contributed by atoms with Gasteiger partial charge in [-0.15, -0.1) is 0 Å². The highest BCUT2D eigenvalue weighted by Gasteiger charge is 2.30. The second kappa shape index (κ2) is 4.06. The summed E-state index contributed by atoms with van der Waals surface area (Å²) in [7, 11) is -3.24. The van der Waals surface area contributed by atoms with Gasteiger partial charge in [-0.1, -0.05) is 12.8 Å². The quantitative estimate of drug-likeness (QED) is 0.748. The number of halogens is 1. The van der Waals surface area contributed by atoms with Crippen molar-refractivity contribution in [1.29, 1.82) is 0 Å². The summed E-state index contributed by atoms with van der Waals surface area (Å²) in [6.07, 6.45) is 6.01. The standard InChI is InChI=1S/C9H11ClN2O2S/c10-9-11-5-8(6-12-9)15(13,14)7-3-1-2-4-7/h5-7H,1-4H2. The van der Waals surface area contributed by atoms with Crippen LogP contribution in [-0.4, -0.2) is 23.6 Å². The third kappa shape index (κ3) is 2.13. The topological polar surface area (TPSA) is 59.9 Å². The third-order valence-electron chi connectivity index (χ3n) is 2.67. The monoisotopic (exact) mass is 246 g/mol. The fourth-order valence-corrected chi connectivity index (χ4v) is 3.67. The Morgan fingerprint density at radius 1 is 1.20 bits per heavy atom. The van der Waals surface area contributed by atoms with Gasteiger partial charge in [0.1, 0.15) is 4.90 Å². The maximum absolute atomic E-state index is 12.0. The minimum absolute atomic E-state index is 0.0698. The molecule has 1 aliphatic rings. The van der Waals surface area contributed by atoms with Crippen LogP contribution in [0.2, 0.25) is 5.28 Å². The lowest BCUT2D eigenvalue weighted by Crippen LogP contribution is -2.18. The van der Waals surface area contributed by atoms with Gasteiger partial charge in [-0.3, -0.25) is 0 Å². The molecule has 1 heterocycles. The maximum atomic E-state index is 12.0. The maximum Gasteiger partial charge on any atom is 0.222 e. The largest absolute Gasteiger partial charge is 0.225 e. The second-order valence-corrected chi connectivity index (χ2v) is 6.21. The number of aromatic nitrogens is 2. The van der Waals surface area contributed by atoms with Crippen molar-refractivity contribution in [2.24, 2.45) is 0 Å². The molecule has 0 bridgehead atoms. The Morgan fingerprint density at radius 2 is 1.73 bits per heavy atom. The van der Waals surface area contributed by atoms with Gasteiger partial charge in [-0.25, -0.2) is 18.4 Å². The molecule has 0 radical (unpaired) electrons. The van der Waals surface area contributed by atoms with Crippen LogP contribution in [0.4, 0.5) is 0 Å². The van der Waals surface area contributed by atoms with E-state index in [1.165, 1.54) is 12.4 Å². The van der Waals surface area contributed by atoms with Crippen LogP contribution in [0.1, 0.15) is 25.7 Å². The molecule has 0 saturated heterocycles. The first-order valence-electron chi connectivity index (χ1n) is 4.82. The number of nitrogens with zero attached hydrogens (tertiary/aromatic N) is 2. The van der Waals surface area contributed by atoms with E-state index in [1.807, 2.05) is 0 Å². The predicted octanol–water partition coefficient (Wildman–Crippen LogP) is 1.85. The van der Waals surface area contributed by atoms with Crippen molar-refractivity contribution in [2.45, 2.75) is 35.8 Å². The first-order valence-corrected chi connectivity index (χ1v) is 6.74. The molecular weight excluding hydrogens is 236 g/mol. The number of sulfone groups is 1. The Labute approximate surface area is 93.6 Å². The molecule has 1 aliphatic carbocycles. The molecule has 0 amide bonds. The highest BCUT2D eigenvalue weighted by molar-refractivity contribution is 7.92. The molecule has 0 aliphatic heterocycles. The van der Waals surface area contributed by atoms with Crippen molar-refractivity contribution in [3.8, 4) is 0 Å². The van der Waals surface area contributed by atoms with Gasteiger partial charge >= 0.3 is 0 Å². The van der Waals surface area contributed by atoms with Crippen LogP contribution < -0.4 is 0 Å². The molecule has 1 fully saturated rings. The summed E-state index contributed by atoms with van der Waals surface area (Å²) in [6, 6.07) is 0. The van der Waals surface area contributed by atoms with Gasteiger partial charge in [0.15, 0.2) is 9.84 Å². The van der Waals surface area contributed by atoms with E-state index in [1.54, 1.807) is 0 Å². The molecule has 0 unspecified atom stereocenters. The lowest BCUT2D eigenvalue weighted by molar-refractivity contribution is 0.578. The Bertz CT molecular complexity index is 438. The Morgan fingerprint density at radius 3 is 2.27 bits per heavy atom. The summed E-state index contributed by atoms with van der Waals surface area (Å²) in [5.41, 5.74) is 0. The average Bonchev–Trinajstić information content (AvgIpc) is 2.71. The number of hydrogen-bond donors (Lipinski definition) is 0. The second-order valence-electron chi connectivity index (χ2n) is 3.64. The van der Waals surface area contributed by atoms with Crippen molar-refractivity contribution in [2.75, 3.05) is 0 Å². The first kappa shape index (κ1) is 10.8. The lowest BCUT2D eigenvalue weighted by Gasteiger charge is -2.09. The third-order valence-corrected chi connectivity index (χ3v) is 5.08. The van der Waals surface area contributed by atoms with Gasteiger partial charge in [0.2, 0.25) is 5.28 Å². The Hall–Kier alpha value is -0.680. The molecule has 0 atom stereocenters. The zero-order valence-corrected chi connectivity index (χ0v) is 9.63. The van der Waals surface area contributed by atoms with Crippen LogP contribution in [0.25, 0.3) is 0 Å². The van der Waals surface area contributed by atoms with Crippen molar-refractivity contribution in [3.05, 3.63) is 17.7 Å². The summed E-state index contributed by atoms with van der Waals surface area (Å²) in [5, 5.41) is -0.192. The van der Waals surface area contributed by atoms with Gasteiger partial charge in [-0.2, -0.15) is 0 Å². The van der Waals surface area contributed by atoms with Gasteiger partial charge < -0.3 is 0 Å². The molecule has 0 N–H and O–H groups in total. The van der Waals surface area contributed by atoms with Gasteiger partial charge in [-0.05, 0) is 24.4 Å². The van der Waals surface area contributed by atoms with Gasteiger partial charge in [0, 0.05) is 0 Å². The molecule has 2 rings (SSSR count). The zero-order valence-electron chi connectivity index (χ0n) is 8.06. The molecule has 0 aromatic carbocycles. The van der Waals surface area contributed by atoms with Gasteiger partial charge in [0.25, 0.3) is 0 Å². The van der Waals surface area contributed by atoms with E-state index in [2.05, 4.69) is 9.97 Å². The van der Waals surface area contributed by atoms with E-state index in [4.69, 9.17) is 11.6 Å². The molecule has 1 aromatic rings. The minimum Gasteiger partial charge on any atom is -0.225 e. The number of rotatable bonds is 2. The van der Waals surface area contributed by atoms with Crippen molar-refractivity contribution >= 4 is 21.4 Å². The SMILES string of the molecule is O=S(=O)(c1cnc(Cl)nc1)C1CCCC1. The Kier molecular flexibility index (Phi) is 2.93. The zero-order chi connectivity index (χ0) is 10.9. The highest BCUT2D eigenvalue weighted by Crippen LogP contribution is 2.28. The fourth-order valence-electron chi connectivity index (χ4n) is 1.84. The highest BCUT2D eigenvalue weighted by atomic mass is 35.5. The Balaban J connectivity index is 2.32. The normalized spacial score (nSPS) is 18.2. The lowest BCUT2D eigenvalue weighted by atomic mass is 10.4. The van der Waals surface area contributed by atoms with Crippen LogP contribution >= 0.6 is 11.6 Å². The van der Waals surface area contributed by atoms with Crippen molar-refractivity contribution < 1.29 is 8.42 Å². The van der Waals surface area contributed by atoms with Crippen LogP contribution in [0, 0.1) is 0 Å². The molecule has 1 saturated carbocycles. The minimum atomic E-state index is -3.24. The summed E-state index contributed by atoms with van der Waals surface area (Å²) in [5.74, 6) is 0. The van der Waals surface area contributed by atoms with Crippen LogP contribution in [0.3, 0.4) is 0 Å². The molecule has 1 aromatic heterocycles. The number of hydrogen-bond acceptors (Lipinski definition) is 4. The molecule has 15 heavy (non-hydrogen) atoms. The summed E-state index contributed by atoms with van der Waals surface area (Å²) in [4.78, 5) is 7.56. The van der Waals surface area contributed by atoms with Crippen LogP contribution in [0.5, 0.6) is 0 Å². The summed E-state index contributed by atoms with van der Waals surface area (Å²) < 4.78 is 24.0. The molecule has 4 nitrogen and oxygen atoms in total.